The maximum absolute atomic E-state index is 11.3. The molecule has 0 saturated heterocycles. The molecule has 5 heteroatoms. The number of carbonyl (C=O) groups excluding carboxylic acids is 1. The molecule has 0 fully saturated rings. The standard InChI is InChI=1S/C16H17NO4/c1-11(2)16(19)17-8-3-9-20-13-6-4-12-5-7-15(18)21-14(12)10-13/h4-7,10H,1,3,8-9H2,2H3,(H,17,19). The fraction of sp³-hybridized carbons (Fsp3) is 0.250. The summed E-state index contributed by atoms with van der Waals surface area (Å²) in [5, 5.41) is 3.57. The molecule has 0 bridgehead atoms. The molecule has 1 heterocycles. The van der Waals surface area contributed by atoms with Crippen LogP contribution in [-0.2, 0) is 4.79 Å². The molecule has 1 aromatic carbocycles. The Morgan fingerprint density at radius 3 is 2.86 bits per heavy atom. The molecule has 5 nitrogen and oxygen atoms in total. The van der Waals surface area contributed by atoms with Crippen molar-refractivity contribution in [3.63, 3.8) is 0 Å². The van der Waals surface area contributed by atoms with Gasteiger partial charge in [0.25, 0.3) is 0 Å². The van der Waals surface area contributed by atoms with Gasteiger partial charge in [0.2, 0.25) is 5.91 Å². The van der Waals surface area contributed by atoms with E-state index >= 15 is 0 Å². The van der Waals surface area contributed by atoms with Gasteiger partial charge in [0.1, 0.15) is 11.3 Å². The Bertz CT molecular complexity index is 718. The summed E-state index contributed by atoms with van der Waals surface area (Å²) in [6.07, 6.45) is 0.676. The molecule has 2 aromatic rings. The summed E-state index contributed by atoms with van der Waals surface area (Å²) in [5.74, 6) is 0.477. The summed E-state index contributed by atoms with van der Waals surface area (Å²) in [7, 11) is 0. The number of carbonyl (C=O) groups is 1. The van der Waals surface area contributed by atoms with Gasteiger partial charge in [-0.3, -0.25) is 4.79 Å². The first kappa shape index (κ1) is 14.8. The third kappa shape index (κ3) is 4.21. The van der Waals surface area contributed by atoms with Gasteiger partial charge in [-0.25, -0.2) is 4.79 Å². The van der Waals surface area contributed by atoms with E-state index in [0.29, 0.717) is 36.5 Å². The van der Waals surface area contributed by atoms with E-state index in [4.69, 9.17) is 9.15 Å². The lowest BCUT2D eigenvalue weighted by atomic mass is 10.2. The van der Waals surface area contributed by atoms with Crippen molar-refractivity contribution in [2.45, 2.75) is 13.3 Å². The van der Waals surface area contributed by atoms with E-state index in [1.165, 1.54) is 6.07 Å². The van der Waals surface area contributed by atoms with Crippen LogP contribution in [-0.4, -0.2) is 19.1 Å². The average Bonchev–Trinajstić information content (AvgIpc) is 2.46. The van der Waals surface area contributed by atoms with Crippen molar-refractivity contribution in [2.24, 2.45) is 0 Å². The molecule has 1 aromatic heterocycles. The first-order valence-corrected chi connectivity index (χ1v) is 6.67. The van der Waals surface area contributed by atoms with Gasteiger partial charge >= 0.3 is 5.63 Å². The molecule has 0 aliphatic carbocycles. The van der Waals surface area contributed by atoms with Crippen molar-refractivity contribution >= 4 is 16.9 Å². The highest BCUT2D eigenvalue weighted by atomic mass is 16.5. The Balaban J connectivity index is 1.85. The third-order valence-electron chi connectivity index (χ3n) is 2.86. The first-order valence-electron chi connectivity index (χ1n) is 6.67. The van der Waals surface area contributed by atoms with Crippen LogP contribution in [0.15, 0.2) is 51.7 Å². The van der Waals surface area contributed by atoms with Crippen LogP contribution in [0.2, 0.25) is 0 Å². The van der Waals surface area contributed by atoms with Crippen molar-refractivity contribution < 1.29 is 13.9 Å². The van der Waals surface area contributed by atoms with E-state index in [1.54, 1.807) is 19.1 Å². The van der Waals surface area contributed by atoms with Crippen molar-refractivity contribution in [2.75, 3.05) is 13.2 Å². The average molecular weight is 287 g/mol. The predicted molar refractivity (Wildman–Crippen MR) is 80.4 cm³/mol. The van der Waals surface area contributed by atoms with Crippen molar-refractivity contribution in [3.05, 3.63) is 52.9 Å². The van der Waals surface area contributed by atoms with E-state index in [2.05, 4.69) is 11.9 Å². The largest absolute Gasteiger partial charge is 0.493 e. The van der Waals surface area contributed by atoms with E-state index < -0.39 is 0 Å². The Hall–Kier alpha value is -2.56. The van der Waals surface area contributed by atoms with Gasteiger partial charge in [0, 0.05) is 29.6 Å². The Kier molecular flexibility index (Phi) is 4.77. The van der Waals surface area contributed by atoms with Gasteiger partial charge in [0.15, 0.2) is 0 Å². The maximum Gasteiger partial charge on any atom is 0.336 e. The number of amides is 1. The smallest absolute Gasteiger partial charge is 0.336 e. The molecule has 0 saturated carbocycles. The second kappa shape index (κ2) is 6.74. The van der Waals surface area contributed by atoms with Gasteiger partial charge < -0.3 is 14.5 Å². The summed E-state index contributed by atoms with van der Waals surface area (Å²) < 4.78 is 10.6. The van der Waals surface area contributed by atoms with E-state index in [0.717, 1.165) is 5.39 Å². The Morgan fingerprint density at radius 2 is 2.10 bits per heavy atom. The maximum atomic E-state index is 11.3. The number of rotatable bonds is 6. The molecule has 0 radical (unpaired) electrons. The molecule has 2 rings (SSSR count). The Labute approximate surface area is 122 Å². The summed E-state index contributed by atoms with van der Waals surface area (Å²) in [6.45, 7) is 6.20. The van der Waals surface area contributed by atoms with Crippen LogP contribution in [0.25, 0.3) is 11.0 Å². The fourth-order valence-electron chi connectivity index (χ4n) is 1.75. The molecule has 0 spiro atoms. The minimum Gasteiger partial charge on any atom is -0.493 e. The van der Waals surface area contributed by atoms with Gasteiger partial charge in [0.05, 0.1) is 6.61 Å². The number of benzene rings is 1. The highest BCUT2D eigenvalue weighted by Crippen LogP contribution is 2.19. The molecule has 21 heavy (non-hydrogen) atoms. The van der Waals surface area contributed by atoms with Crippen LogP contribution in [0, 0.1) is 0 Å². The predicted octanol–water partition coefficient (Wildman–Crippen LogP) is 2.25. The normalized spacial score (nSPS) is 10.3. The first-order chi connectivity index (χ1) is 10.1. The van der Waals surface area contributed by atoms with Gasteiger partial charge in [-0.2, -0.15) is 0 Å². The zero-order chi connectivity index (χ0) is 15.2. The molecular formula is C16H17NO4. The summed E-state index contributed by atoms with van der Waals surface area (Å²) in [6, 6.07) is 8.42. The van der Waals surface area contributed by atoms with Crippen molar-refractivity contribution in [1.29, 1.82) is 0 Å². The highest BCUT2D eigenvalue weighted by molar-refractivity contribution is 5.92. The topological polar surface area (TPSA) is 68.5 Å². The number of ether oxygens (including phenoxy) is 1. The van der Waals surface area contributed by atoms with Crippen LogP contribution < -0.4 is 15.7 Å². The molecule has 1 N–H and O–H groups in total. The molecule has 0 unspecified atom stereocenters. The van der Waals surface area contributed by atoms with Gasteiger partial charge in [-0.15, -0.1) is 0 Å². The van der Waals surface area contributed by atoms with Crippen LogP contribution in [0.4, 0.5) is 0 Å². The van der Waals surface area contributed by atoms with E-state index in [9.17, 15) is 9.59 Å². The van der Waals surface area contributed by atoms with Crippen molar-refractivity contribution in [1.82, 2.24) is 5.32 Å². The van der Waals surface area contributed by atoms with Gasteiger partial charge in [-0.1, -0.05) is 6.58 Å². The minimum absolute atomic E-state index is 0.150. The lowest BCUT2D eigenvalue weighted by Gasteiger charge is -2.07. The van der Waals surface area contributed by atoms with E-state index in [-0.39, 0.29) is 11.5 Å². The quantitative estimate of drug-likeness (QED) is 0.502. The minimum atomic E-state index is -0.387. The highest BCUT2D eigenvalue weighted by Gasteiger charge is 2.02. The molecule has 0 aliphatic heterocycles. The molecule has 0 atom stereocenters. The number of fused-ring (bicyclic) bond motifs is 1. The lowest BCUT2D eigenvalue weighted by Crippen LogP contribution is -2.25. The molecule has 110 valence electrons. The number of nitrogens with one attached hydrogen (secondary N) is 1. The molecular weight excluding hydrogens is 270 g/mol. The molecule has 0 aliphatic rings. The zero-order valence-corrected chi connectivity index (χ0v) is 11.8. The lowest BCUT2D eigenvalue weighted by molar-refractivity contribution is -0.117. The summed E-state index contributed by atoms with van der Waals surface area (Å²) in [4.78, 5) is 22.4. The number of hydrogen-bond donors (Lipinski definition) is 1. The van der Waals surface area contributed by atoms with Crippen LogP contribution in [0.3, 0.4) is 0 Å². The van der Waals surface area contributed by atoms with Crippen LogP contribution >= 0.6 is 0 Å². The van der Waals surface area contributed by atoms with Crippen LogP contribution in [0.5, 0.6) is 5.75 Å². The second-order valence-electron chi connectivity index (χ2n) is 4.69. The Morgan fingerprint density at radius 1 is 1.33 bits per heavy atom. The van der Waals surface area contributed by atoms with Gasteiger partial charge in [-0.05, 0) is 31.5 Å². The monoisotopic (exact) mass is 287 g/mol. The van der Waals surface area contributed by atoms with Crippen molar-refractivity contribution in [3.8, 4) is 5.75 Å². The van der Waals surface area contributed by atoms with Crippen LogP contribution in [0.1, 0.15) is 13.3 Å². The van der Waals surface area contributed by atoms with E-state index in [1.807, 2.05) is 12.1 Å². The fourth-order valence-corrected chi connectivity index (χ4v) is 1.75. The third-order valence-corrected chi connectivity index (χ3v) is 2.86. The summed E-state index contributed by atoms with van der Waals surface area (Å²) >= 11 is 0. The second-order valence-corrected chi connectivity index (χ2v) is 4.69. The molecule has 1 amide bonds. The zero-order valence-electron chi connectivity index (χ0n) is 11.8. The number of hydrogen-bond acceptors (Lipinski definition) is 4. The summed E-state index contributed by atoms with van der Waals surface area (Å²) in [5.41, 5.74) is 0.596. The SMILES string of the molecule is C=C(C)C(=O)NCCCOc1ccc2ccc(=O)oc2c1.